The van der Waals surface area contributed by atoms with Gasteiger partial charge in [0.05, 0.1) is 7.11 Å². The molecular weight excluding hydrogens is 350 g/mol. The van der Waals surface area contributed by atoms with E-state index in [0.29, 0.717) is 23.7 Å². The van der Waals surface area contributed by atoms with Gasteiger partial charge in [-0.25, -0.2) is 9.78 Å². The molecule has 140 valence electrons. The number of carboxylic acids is 1. The summed E-state index contributed by atoms with van der Waals surface area (Å²) in [4.78, 5) is 21.8. The number of hydrogen-bond acceptors (Lipinski definition) is 5. The van der Waals surface area contributed by atoms with Crippen LogP contribution in [0.3, 0.4) is 0 Å². The lowest BCUT2D eigenvalue weighted by Gasteiger charge is -2.13. The summed E-state index contributed by atoms with van der Waals surface area (Å²) >= 11 is 0. The second-order valence-electron chi connectivity index (χ2n) is 6.36. The van der Waals surface area contributed by atoms with Gasteiger partial charge in [-0.3, -0.25) is 4.79 Å². The zero-order valence-electron chi connectivity index (χ0n) is 15.0. The second kappa shape index (κ2) is 6.94. The minimum atomic E-state index is -0.923. The van der Waals surface area contributed by atoms with E-state index >= 15 is 0 Å². The van der Waals surface area contributed by atoms with Crippen molar-refractivity contribution in [2.45, 2.75) is 12.5 Å². The molecule has 1 aromatic heterocycles. The third kappa shape index (κ3) is 3.11. The van der Waals surface area contributed by atoms with Gasteiger partial charge >= 0.3 is 5.97 Å². The first-order valence-electron chi connectivity index (χ1n) is 8.44. The van der Waals surface area contributed by atoms with E-state index in [1.807, 2.05) is 36.0 Å². The van der Waals surface area contributed by atoms with Gasteiger partial charge in [-0.15, -0.1) is 0 Å². The van der Waals surface area contributed by atoms with Crippen LogP contribution in [0, 0.1) is 0 Å². The molecule has 3 aromatic rings. The van der Waals surface area contributed by atoms with Crippen LogP contribution in [0.4, 0.5) is 0 Å². The number of benzene rings is 2. The smallest absolute Gasteiger partial charge is 0.315 e. The number of rotatable bonds is 6. The van der Waals surface area contributed by atoms with Gasteiger partial charge in [0.15, 0.2) is 11.5 Å². The Balaban J connectivity index is 1.79. The predicted molar refractivity (Wildman–Crippen MR) is 96.8 cm³/mol. The number of carbonyl (C=O) groups is 1. The van der Waals surface area contributed by atoms with Crippen molar-refractivity contribution in [2.24, 2.45) is 7.05 Å². The lowest BCUT2D eigenvalue weighted by Crippen LogP contribution is -2.12. The number of fused-ring (bicyclic) bond motifs is 2. The highest BCUT2D eigenvalue weighted by Gasteiger charge is 2.28. The van der Waals surface area contributed by atoms with E-state index in [2.05, 4.69) is 4.89 Å². The van der Waals surface area contributed by atoms with E-state index in [4.69, 9.17) is 14.4 Å². The molecule has 27 heavy (non-hydrogen) atoms. The van der Waals surface area contributed by atoms with Crippen molar-refractivity contribution in [1.82, 2.24) is 4.57 Å². The van der Waals surface area contributed by atoms with Crippen LogP contribution >= 0.6 is 0 Å². The van der Waals surface area contributed by atoms with Gasteiger partial charge in [-0.2, -0.15) is 0 Å². The van der Waals surface area contributed by atoms with E-state index in [-0.39, 0.29) is 6.79 Å². The fourth-order valence-corrected chi connectivity index (χ4v) is 3.46. The number of nitrogens with zero attached hydrogens (tertiary/aromatic N) is 1. The van der Waals surface area contributed by atoms with Crippen molar-refractivity contribution in [1.29, 1.82) is 0 Å². The quantitative estimate of drug-likeness (QED) is 0.531. The fourth-order valence-electron chi connectivity index (χ4n) is 3.46. The predicted octanol–water partition coefficient (Wildman–Crippen LogP) is 3.20. The maximum Gasteiger partial charge on any atom is 0.315 e. The SMILES string of the molecule is COOCc1ccc2c(C(C(=O)O)c3ccc4c(c3)OCO4)cn(C)c2c1. The number of aryl methyl sites for hydroxylation is 1. The standard InChI is InChI=1S/C20H19NO6/c1-21-9-15(14-5-3-12(7-16(14)21)10-27-24-2)19(20(22)23)13-4-6-17-18(8-13)26-11-25-17/h3-9,19H,10-11H2,1-2H3,(H,22,23). The van der Waals surface area contributed by atoms with Crippen LogP contribution in [0.1, 0.15) is 22.6 Å². The molecule has 2 heterocycles. The molecule has 0 bridgehead atoms. The fraction of sp³-hybridized carbons (Fsp3) is 0.250. The van der Waals surface area contributed by atoms with Crippen LogP contribution in [-0.4, -0.2) is 29.5 Å². The van der Waals surface area contributed by atoms with Crippen LogP contribution in [0.2, 0.25) is 0 Å². The summed E-state index contributed by atoms with van der Waals surface area (Å²) in [6.07, 6.45) is 1.86. The summed E-state index contributed by atoms with van der Waals surface area (Å²) in [7, 11) is 3.35. The first-order valence-corrected chi connectivity index (χ1v) is 8.44. The van der Waals surface area contributed by atoms with Crippen molar-refractivity contribution < 1.29 is 29.1 Å². The van der Waals surface area contributed by atoms with Crippen LogP contribution in [0.25, 0.3) is 10.9 Å². The highest BCUT2D eigenvalue weighted by molar-refractivity contribution is 5.92. The van der Waals surface area contributed by atoms with Gasteiger partial charge in [-0.05, 0) is 34.9 Å². The molecule has 1 aliphatic heterocycles. The Morgan fingerprint density at radius 2 is 2.04 bits per heavy atom. The summed E-state index contributed by atoms with van der Waals surface area (Å²) in [5.74, 6) is -0.543. The Bertz CT molecular complexity index is 1010. The number of hydrogen-bond donors (Lipinski definition) is 1. The largest absolute Gasteiger partial charge is 0.481 e. The Morgan fingerprint density at radius 3 is 2.81 bits per heavy atom. The minimum absolute atomic E-state index is 0.150. The summed E-state index contributed by atoms with van der Waals surface area (Å²) in [6, 6.07) is 11.0. The molecule has 0 radical (unpaired) electrons. The topological polar surface area (TPSA) is 79.2 Å². The summed E-state index contributed by atoms with van der Waals surface area (Å²) in [5.41, 5.74) is 3.23. The molecule has 0 saturated carbocycles. The van der Waals surface area contributed by atoms with Crippen molar-refractivity contribution in [2.75, 3.05) is 13.9 Å². The Kier molecular flexibility index (Phi) is 4.47. The van der Waals surface area contributed by atoms with E-state index in [1.54, 1.807) is 18.2 Å². The van der Waals surface area contributed by atoms with Crippen molar-refractivity contribution in [3.63, 3.8) is 0 Å². The summed E-state index contributed by atoms with van der Waals surface area (Å²) in [5, 5.41) is 10.8. The zero-order chi connectivity index (χ0) is 19.0. The molecular formula is C20H19NO6. The molecule has 0 spiro atoms. The van der Waals surface area contributed by atoms with Crippen LogP contribution in [-0.2, 0) is 28.2 Å². The average molecular weight is 369 g/mol. The minimum Gasteiger partial charge on any atom is -0.481 e. The van der Waals surface area contributed by atoms with E-state index < -0.39 is 11.9 Å². The van der Waals surface area contributed by atoms with Gasteiger partial charge in [-0.1, -0.05) is 18.2 Å². The number of aromatic nitrogens is 1. The number of aliphatic carboxylic acids is 1. The number of ether oxygens (including phenoxy) is 2. The zero-order valence-corrected chi connectivity index (χ0v) is 15.0. The summed E-state index contributed by atoms with van der Waals surface area (Å²) in [6.45, 7) is 0.467. The highest BCUT2D eigenvalue weighted by atomic mass is 17.2. The van der Waals surface area contributed by atoms with Gasteiger partial charge in [0.25, 0.3) is 0 Å². The molecule has 2 aromatic carbocycles. The molecule has 0 amide bonds. The lowest BCUT2D eigenvalue weighted by atomic mass is 9.90. The van der Waals surface area contributed by atoms with Crippen molar-refractivity contribution in [3.05, 3.63) is 59.3 Å². The molecule has 0 fully saturated rings. The van der Waals surface area contributed by atoms with Gasteiger partial charge in [0, 0.05) is 24.1 Å². The molecule has 0 aliphatic carbocycles. The molecule has 1 atom stereocenters. The normalized spacial score (nSPS) is 13.9. The lowest BCUT2D eigenvalue weighted by molar-refractivity contribution is -0.282. The maximum absolute atomic E-state index is 12.1. The molecule has 4 rings (SSSR count). The van der Waals surface area contributed by atoms with Gasteiger partial charge in [0.2, 0.25) is 6.79 Å². The maximum atomic E-state index is 12.1. The van der Waals surface area contributed by atoms with Crippen molar-refractivity contribution in [3.8, 4) is 11.5 Å². The second-order valence-corrected chi connectivity index (χ2v) is 6.36. The van der Waals surface area contributed by atoms with Crippen molar-refractivity contribution >= 4 is 16.9 Å². The van der Waals surface area contributed by atoms with Crippen LogP contribution in [0.5, 0.6) is 11.5 Å². The Labute approximate surface area is 155 Å². The molecule has 1 aliphatic rings. The first-order chi connectivity index (χ1) is 13.1. The molecule has 0 saturated heterocycles. The first kappa shape index (κ1) is 17.4. The number of carboxylic acid groups (broad SMARTS) is 1. The third-order valence-electron chi connectivity index (χ3n) is 4.72. The Morgan fingerprint density at radius 1 is 1.22 bits per heavy atom. The van der Waals surface area contributed by atoms with E-state index in [1.165, 1.54) is 7.11 Å². The summed E-state index contributed by atoms with van der Waals surface area (Å²) < 4.78 is 12.6. The third-order valence-corrected chi connectivity index (χ3v) is 4.72. The van der Waals surface area contributed by atoms with Crippen LogP contribution < -0.4 is 9.47 Å². The van der Waals surface area contributed by atoms with Crippen LogP contribution in [0.15, 0.2) is 42.6 Å². The van der Waals surface area contributed by atoms with Gasteiger partial charge in [0.1, 0.15) is 12.5 Å². The average Bonchev–Trinajstić information content (AvgIpc) is 3.24. The molecule has 7 heteroatoms. The Hall–Kier alpha value is -3.03. The molecule has 7 nitrogen and oxygen atoms in total. The van der Waals surface area contributed by atoms with E-state index in [9.17, 15) is 9.90 Å². The molecule has 1 unspecified atom stereocenters. The monoisotopic (exact) mass is 369 g/mol. The van der Waals surface area contributed by atoms with Gasteiger partial charge < -0.3 is 19.1 Å². The highest BCUT2D eigenvalue weighted by Crippen LogP contribution is 2.38. The van der Waals surface area contributed by atoms with E-state index in [0.717, 1.165) is 22.0 Å². The molecule has 1 N–H and O–H groups in total.